The highest BCUT2D eigenvalue weighted by Gasteiger charge is 2.57. The predicted octanol–water partition coefficient (Wildman–Crippen LogP) is 2.54. The van der Waals surface area contributed by atoms with Crippen molar-refractivity contribution in [2.24, 2.45) is 5.92 Å². The van der Waals surface area contributed by atoms with Crippen LogP contribution in [0.25, 0.3) is 0 Å². The van der Waals surface area contributed by atoms with Crippen LogP contribution in [0.2, 0.25) is 0 Å². The molecule has 14 heavy (non-hydrogen) atoms. The Morgan fingerprint density at radius 1 is 1.64 bits per heavy atom. The van der Waals surface area contributed by atoms with Crippen LogP contribution < -0.4 is 0 Å². The van der Waals surface area contributed by atoms with Crippen LogP contribution in [0.15, 0.2) is 12.7 Å². The molecule has 4 atom stereocenters. The number of methoxy groups -OCH3 is 1. The van der Waals surface area contributed by atoms with Crippen molar-refractivity contribution in [2.45, 2.75) is 50.4 Å². The largest absolute Gasteiger partial charge is 0.374 e. The summed E-state index contributed by atoms with van der Waals surface area (Å²) in [5.41, 5.74) is 0.0274. The fourth-order valence-electron chi connectivity index (χ4n) is 2.58. The Bertz CT molecular complexity index is 251. The Kier molecular flexibility index (Phi) is 2.24. The van der Waals surface area contributed by atoms with Gasteiger partial charge in [-0.25, -0.2) is 0 Å². The van der Waals surface area contributed by atoms with Crippen LogP contribution in [0, 0.1) is 5.92 Å². The summed E-state index contributed by atoms with van der Waals surface area (Å²) >= 11 is 0. The Labute approximate surface area is 86.3 Å². The lowest BCUT2D eigenvalue weighted by molar-refractivity contribution is -0.0146. The van der Waals surface area contributed by atoms with Crippen molar-refractivity contribution in [3.8, 4) is 0 Å². The SMILES string of the molecule is C=CC(C)(OC)[C@@H]1CC[C@@]2(C)OC2C1. The molecule has 2 rings (SSSR count). The second-order valence-corrected chi connectivity index (χ2v) is 4.98. The zero-order valence-corrected chi connectivity index (χ0v) is 9.38. The van der Waals surface area contributed by atoms with E-state index in [-0.39, 0.29) is 11.2 Å². The first-order valence-corrected chi connectivity index (χ1v) is 5.40. The van der Waals surface area contributed by atoms with Crippen LogP contribution in [-0.2, 0) is 9.47 Å². The average molecular weight is 196 g/mol. The van der Waals surface area contributed by atoms with E-state index in [9.17, 15) is 0 Å². The molecule has 0 aromatic heterocycles. The van der Waals surface area contributed by atoms with Crippen molar-refractivity contribution in [2.75, 3.05) is 7.11 Å². The van der Waals surface area contributed by atoms with Crippen molar-refractivity contribution < 1.29 is 9.47 Å². The van der Waals surface area contributed by atoms with Gasteiger partial charge in [-0.1, -0.05) is 6.08 Å². The zero-order chi connectivity index (χ0) is 10.4. The van der Waals surface area contributed by atoms with Gasteiger partial charge in [0, 0.05) is 7.11 Å². The van der Waals surface area contributed by atoms with Crippen LogP contribution in [0.1, 0.15) is 33.1 Å². The Balaban J connectivity index is 2.03. The lowest BCUT2D eigenvalue weighted by Gasteiger charge is -2.36. The van der Waals surface area contributed by atoms with Gasteiger partial charge in [0.15, 0.2) is 0 Å². The van der Waals surface area contributed by atoms with Crippen molar-refractivity contribution in [3.63, 3.8) is 0 Å². The molecular weight excluding hydrogens is 176 g/mol. The quantitative estimate of drug-likeness (QED) is 0.511. The van der Waals surface area contributed by atoms with Crippen LogP contribution in [0.4, 0.5) is 0 Å². The first-order valence-electron chi connectivity index (χ1n) is 5.40. The van der Waals surface area contributed by atoms with Crippen molar-refractivity contribution in [3.05, 3.63) is 12.7 Å². The molecule has 1 heterocycles. The van der Waals surface area contributed by atoms with Gasteiger partial charge in [-0.3, -0.25) is 0 Å². The van der Waals surface area contributed by atoms with Crippen LogP contribution >= 0.6 is 0 Å². The average Bonchev–Trinajstić information content (AvgIpc) is 2.87. The van der Waals surface area contributed by atoms with Crippen molar-refractivity contribution >= 4 is 0 Å². The molecule has 2 unspecified atom stereocenters. The molecule has 0 aromatic carbocycles. The molecule has 0 amide bonds. The highest BCUT2D eigenvalue weighted by molar-refractivity contribution is 5.09. The van der Waals surface area contributed by atoms with Gasteiger partial charge in [-0.15, -0.1) is 6.58 Å². The van der Waals surface area contributed by atoms with Gasteiger partial charge in [0.2, 0.25) is 0 Å². The highest BCUT2D eigenvalue weighted by atomic mass is 16.6. The molecule has 2 heteroatoms. The summed E-state index contributed by atoms with van der Waals surface area (Å²) in [6.07, 6.45) is 5.87. The molecule has 2 fully saturated rings. The van der Waals surface area contributed by atoms with Crippen LogP contribution in [-0.4, -0.2) is 24.4 Å². The van der Waals surface area contributed by atoms with E-state index in [4.69, 9.17) is 9.47 Å². The van der Waals surface area contributed by atoms with Gasteiger partial charge >= 0.3 is 0 Å². The summed E-state index contributed by atoms with van der Waals surface area (Å²) in [5, 5.41) is 0. The molecule has 0 N–H and O–H groups in total. The Hall–Kier alpha value is -0.340. The first-order chi connectivity index (χ1) is 6.54. The lowest BCUT2D eigenvalue weighted by Crippen LogP contribution is -2.38. The third-order valence-electron chi connectivity index (χ3n) is 4.18. The van der Waals surface area contributed by atoms with Crippen molar-refractivity contribution in [1.29, 1.82) is 0 Å². The second-order valence-electron chi connectivity index (χ2n) is 4.98. The smallest absolute Gasteiger partial charge is 0.0920 e. The topological polar surface area (TPSA) is 21.8 Å². The summed E-state index contributed by atoms with van der Waals surface area (Å²) in [7, 11) is 1.77. The molecular formula is C12H20O2. The zero-order valence-electron chi connectivity index (χ0n) is 9.38. The van der Waals surface area contributed by atoms with E-state index in [1.54, 1.807) is 7.11 Å². The Morgan fingerprint density at radius 2 is 2.36 bits per heavy atom. The van der Waals surface area contributed by atoms with Crippen LogP contribution in [0.5, 0.6) is 0 Å². The van der Waals surface area contributed by atoms with E-state index in [0.29, 0.717) is 12.0 Å². The molecule has 2 aliphatic rings. The third kappa shape index (κ3) is 1.41. The van der Waals surface area contributed by atoms with E-state index >= 15 is 0 Å². The molecule has 2 nitrogen and oxygen atoms in total. The number of hydrogen-bond acceptors (Lipinski definition) is 2. The molecule has 1 aliphatic heterocycles. The number of rotatable bonds is 3. The Morgan fingerprint density at radius 3 is 2.86 bits per heavy atom. The summed E-state index contributed by atoms with van der Waals surface area (Å²) in [6.45, 7) is 8.20. The van der Waals surface area contributed by atoms with Crippen LogP contribution in [0.3, 0.4) is 0 Å². The normalized spacial score (nSPS) is 45.1. The van der Waals surface area contributed by atoms with Gasteiger partial charge in [0.05, 0.1) is 17.3 Å². The maximum absolute atomic E-state index is 5.69. The maximum Gasteiger partial charge on any atom is 0.0920 e. The van der Waals surface area contributed by atoms with Gasteiger partial charge in [-0.05, 0) is 39.0 Å². The molecule has 1 aliphatic carbocycles. The summed E-state index contributed by atoms with van der Waals surface area (Å²) in [6, 6.07) is 0. The molecule has 1 saturated heterocycles. The van der Waals surface area contributed by atoms with E-state index in [0.717, 1.165) is 12.8 Å². The van der Waals surface area contributed by atoms with E-state index in [2.05, 4.69) is 20.4 Å². The number of fused-ring (bicyclic) bond motifs is 1. The van der Waals surface area contributed by atoms with E-state index in [1.807, 2.05) is 6.08 Å². The summed E-state index contributed by atoms with van der Waals surface area (Å²) < 4.78 is 11.2. The minimum Gasteiger partial charge on any atom is -0.374 e. The number of ether oxygens (including phenoxy) is 2. The monoisotopic (exact) mass is 196 g/mol. The minimum absolute atomic E-state index is 0.173. The van der Waals surface area contributed by atoms with E-state index < -0.39 is 0 Å². The fourth-order valence-corrected chi connectivity index (χ4v) is 2.58. The number of epoxide rings is 1. The maximum atomic E-state index is 5.69. The molecule has 1 saturated carbocycles. The molecule has 80 valence electrons. The first kappa shape index (κ1) is 10.2. The molecule has 0 aromatic rings. The van der Waals surface area contributed by atoms with Gasteiger partial charge in [0.25, 0.3) is 0 Å². The second kappa shape index (κ2) is 3.07. The standard InChI is InChI=1S/C12H20O2/c1-5-11(2,13-4)9-6-7-12(3)10(8-9)14-12/h5,9-10H,1,6-8H2,2-4H3/t9-,10?,11?,12-/m1/s1. The van der Waals surface area contributed by atoms with Crippen molar-refractivity contribution in [1.82, 2.24) is 0 Å². The van der Waals surface area contributed by atoms with Gasteiger partial charge < -0.3 is 9.47 Å². The number of hydrogen-bond donors (Lipinski definition) is 0. The molecule has 0 spiro atoms. The molecule has 0 radical (unpaired) electrons. The summed E-state index contributed by atoms with van der Waals surface area (Å²) in [5.74, 6) is 0.561. The lowest BCUT2D eigenvalue weighted by atomic mass is 9.74. The fraction of sp³-hybridized carbons (Fsp3) is 0.833. The molecule has 0 bridgehead atoms. The van der Waals surface area contributed by atoms with Gasteiger partial charge in [0.1, 0.15) is 0 Å². The van der Waals surface area contributed by atoms with E-state index in [1.165, 1.54) is 6.42 Å². The van der Waals surface area contributed by atoms with Gasteiger partial charge in [-0.2, -0.15) is 0 Å². The minimum atomic E-state index is -0.173. The highest BCUT2D eigenvalue weighted by Crippen LogP contribution is 2.51. The summed E-state index contributed by atoms with van der Waals surface area (Å²) in [4.78, 5) is 0. The predicted molar refractivity (Wildman–Crippen MR) is 56.2 cm³/mol. The third-order valence-corrected chi connectivity index (χ3v) is 4.18.